The summed E-state index contributed by atoms with van der Waals surface area (Å²) >= 11 is 0. The van der Waals surface area contributed by atoms with Gasteiger partial charge in [0, 0.05) is 11.6 Å². The molecule has 0 aromatic carbocycles. The van der Waals surface area contributed by atoms with E-state index in [4.69, 9.17) is 24.7 Å². The highest BCUT2D eigenvalue weighted by Crippen LogP contribution is 2.43. The number of hydrogen-bond donors (Lipinski definition) is 1. The number of aromatic nitrogens is 4. The predicted molar refractivity (Wildman–Crippen MR) is 105 cm³/mol. The lowest BCUT2D eigenvalue weighted by Gasteiger charge is -2.17. The lowest BCUT2D eigenvalue weighted by Crippen LogP contribution is -2.34. The number of nitrogens with two attached hydrogens (primary N) is 1. The summed E-state index contributed by atoms with van der Waals surface area (Å²) in [6.45, 7) is 6.55. The molecule has 3 aromatic rings. The maximum atomic E-state index is 6.54. The second kappa shape index (κ2) is 6.11. The second-order valence-electron chi connectivity index (χ2n) is 9.70. The van der Waals surface area contributed by atoms with Crippen LogP contribution < -0.4 is 5.73 Å². The van der Waals surface area contributed by atoms with Crippen molar-refractivity contribution in [3.05, 3.63) is 23.3 Å². The van der Waals surface area contributed by atoms with Gasteiger partial charge in [0.15, 0.2) is 5.82 Å². The molecule has 0 amide bonds. The van der Waals surface area contributed by atoms with E-state index in [1.807, 2.05) is 0 Å². The molecule has 3 aromatic heterocycles. The smallest absolute Gasteiger partial charge is 0.259 e. The Kier molecular flexibility index (Phi) is 3.88. The summed E-state index contributed by atoms with van der Waals surface area (Å²) in [5, 5.41) is 9.46. The van der Waals surface area contributed by atoms with Crippen molar-refractivity contribution >= 4 is 11.1 Å². The zero-order valence-electron chi connectivity index (χ0n) is 16.8. The lowest BCUT2D eigenvalue weighted by molar-refractivity contribution is 0.372. The Labute approximate surface area is 164 Å². The van der Waals surface area contributed by atoms with Gasteiger partial charge in [0.2, 0.25) is 0 Å². The molecule has 2 N–H and O–H groups in total. The van der Waals surface area contributed by atoms with Crippen molar-refractivity contribution in [3.8, 4) is 11.5 Å². The molecule has 0 bridgehead atoms. The molecule has 0 spiro atoms. The molecule has 5 rings (SSSR count). The third kappa shape index (κ3) is 3.11. The number of pyridine rings is 1. The molecule has 0 saturated heterocycles. The van der Waals surface area contributed by atoms with E-state index < -0.39 is 5.54 Å². The fraction of sp³-hybridized carbons (Fsp3) is 0.619. The number of hydrogen-bond acceptors (Lipinski definition) is 7. The zero-order valence-corrected chi connectivity index (χ0v) is 16.8. The summed E-state index contributed by atoms with van der Waals surface area (Å²) in [4.78, 5) is 9.45. The molecule has 7 heteroatoms. The van der Waals surface area contributed by atoms with E-state index in [2.05, 4.69) is 37.2 Å². The molecule has 0 atom stereocenters. The van der Waals surface area contributed by atoms with Crippen molar-refractivity contribution in [2.24, 2.45) is 11.1 Å². The van der Waals surface area contributed by atoms with Gasteiger partial charge in [-0.3, -0.25) is 0 Å². The van der Waals surface area contributed by atoms with Crippen LogP contribution in [0.25, 0.3) is 22.6 Å². The molecule has 2 fully saturated rings. The minimum Gasteiger partial charge on any atom is -0.336 e. The van der Waals surface area contributed by atoms with Crippen molar-refractivity contribution in [1.82, 2.24) is 20.3 Å². The largest absolute Gasteiger partial charge is 0.336 e. The quantitative estimate of drug-likeness (QED) is 0.711. The first-order valence-electron chi connectivity index (χ1n) is 10.3. The van der Waals surface area contributed by atoms with E-state index in [-0.39, 0.29) is 5.41 Å². The highest BCUT2D eigenvalue weighted by Gasteiger charge is 2.37. The van der Waals surface area contributed by atoms with Crippen LogP contribution >= 0.6 is 0 Å². The van der Waals surface area contributed by atoms with E-state index in [1.54, 1.807) is 0 Å². The topological polar surface area (TPSA) is 104 Å². The van der Waals surface area contributed by atoms with Gasteiger partial charge in [-0.25, -0.2) is 4.98 Å². The summed E-state index contributed by atoms with van der Waals surface area (Å²) < 4.78 is 11.3. The molecule has 3 heterocycles. The van der Waals surface area contributed by atoms with Gasteiger partial charge in [0.25, 0.3) is 11.6 Å². The molecule has 0 unspecified atom stereocenters. The van der Waals surface area contributed by atoms with Gasteiger partial charge in [-0.15, -0.1) is 0 Å². The number of nitrogens with zero attached hydrogens (tertiary/aromatic N) is 4. The fourth-order valence-electron chi connectivity index (χ4n) is 4.17. The van der Waals surface area contributed by atoms with Gasteiger partial charge in [-0.1, -0.05) is 43.9 Å². The van der Waals surface area contributed by atoms with Crippen molar-refractivity contribution in [2.45, 2.75) is 77.2 Å². The second-order valence-corrected chi connectivity index (χ2v) is 9.70. The molecular weight excluding hydrogens is 354 g/mol. The van der Waals surface area contributed by atoms with E-state index >= 15 is 0 Å². The van der Waals surface area contributed by atoms with E-state index in [1.165, 1.54) is 0 Å². The Hall–Kier alpha value is -2.28. The van der Waals surface area contributed by atoms with Crippen LogP contribution in [0, 0.1) is 5.41 Å². The van der Waals surface area contributed by atoms with E-state index in [0.29, 0.717) is 23.3 Å². The Morgan fingerprint density at radius 1 is 1.11 bits per heavy atom. The summed E-state index contributed by atoms with van der Waals surface area (Å²) in [7, 11) is 0. The van der Waals surface area contributed by atoms with Gasteiger partial charge in [-0.05, 0) is 43.6 Å². The highest BCUT2D eigenvalue weighted by molar-refractivity contribution is 5.91. The van der Waals surface area contributed by atoms with Gasteiger partial charge in [0.1, 0.15) is 0 Å². The molecule has 2 aliphatic carbocycles. The fourth-order valence-corrected chi connectivity index (χ4v) is 4.17. The van der Waals surface area contributed by atoms with E-state index in [0.717, 1.165) is 67.3 Å². The van der Waals surface area contributed by atoms with Gasteiger partial charge in [-0.2, -0.15) is 4.98 Å². The monoisotopic (exact) mass is 381 g/mol. The molecular formula is C21H27N5O2. The van der Waals surface area contributed by atoms with Gasteiger partial charge >= 0.3 is 0 Å². The maximum Gasteiger partial charge on any atom is 0.259 e. The van der Waals surface area contributed by atoms with Crippen LogP contribution in [0.15, 0.2) is 15.1 Å². The van der Waals surface area contributed by atoms with Crippen molar-refractivity contribution in [1.29, 1.82) is 0 Å². The third-order valence-corrected chi connectivity index (χ3v) is 5.83. The highest BCUT2D eigenvalue weighted by atomic mass is 16.5. The normalized spacial score (nSPS) is 19.6. The van der Waals surface area contributed by atoms with E-state index in [9.17, 15) is 0 Å². The molecule has 2 saturated carbocycles. The first kappa shape index (κ1) is 17.8. The van der Waals surface area contributed by atoms with Crippen LogP contribution in [0.5, 0.6) is 0 Å². The summed E-state index contributed by atoms with van der Waals surface area (Å²) in [6, 6.07) is 2.08. The van der Waals surface area contributed by atoms with Crippen LogP contribution in [0.1, 0.15) is 82.4 Å². The summed E-state index contributed by atoms with van der Waals surface area (Å²) in [5.74, 6) is 1.57. The number of rotatable bonds is 4. The van der Waals surface area contributed by atoms with Crippen LogP contribution in [0.4, 0.5) is 0 Å². The average Bonchev–Trinajstić information content (AvgIpc) is 3.03. The Balaban J connectivity index is 1.64. The van der Waals surface area contributed by atoms with Gasteiger partial charge < -0.3 is 14.8 Å². The Morgan fingerprint density at radius 3 is 2.54 bits per heavy atom. The third-order valence-electron chi connectivity index (χ3n) is 5.83. The Morgan fingerprint density at radius 2 is 1.86 bits per heavy atom. The maximum absolute atomic E-state index is 6.54. The lowest BCUT2D eigenvalue weighted by atomic mass is 9.89. The number of fused-ring (bicyclic) bond motifs is 1. The standard InChI is InChI=1S/C21H27N5O2/c1-20(2,3)11-15-16-13(10-14(12-6-7-12)23-18(16)28-25-15)17-24-19(26-27-17)21(22)8-4-5-9-21/h10,12H,4-9,11,22H2,1-3H3. The molecule has 0 aliphatic heterocycles. The van der Waals surface area contributed by atoms with Gasteiger partial charge in [0.05, 0.1) is 22.2 Å². The molecule has 7 nitrogen and oxygen atoms in total. The van der Waals surface area contributed by atoms with Crippen LogP contribution in [-0.2, 0) is 12.0 Å². The molecule has 2 aliphatic rings. The van der Waals surface area contributed by atoms with Crippen LogP contribution in [-0.4, -0.2) is 20.3 Å². The molecule has 28 heavy (non-hydrogen) atoms. The minimum atomic E-state index is -0.476. The van der Waals surface area contributed by atoms with Crippen molar-refractivity contribution < 1.29 is 9.05 Å². The van der Waals surface area contributed by atoms with Crippen LogP contribution in [0.3, 0.4) is 0 Å². The first-order chi connectivity index (χ1) is 13.3. The average molecular weight is 381 g/mol. The summed E-state index contributed by atoms with van der Waals surface area (Å²) in [6.07, 6.45) is 7.09. The Bertz CT molecular complexity index is 1020. The van der Waals surface area contributed by atoms with Crippen molar-refractivity contribution in [2.75, 3.05) is 0 Å². The SMILES string of the molecule is CC(C)(C)Cc1noc2nc(C3CC3)cc(-c3nc(C4(N)CCCC4)no3)c12. The molecule has 148 valence electrons. The van der Waals surface area contributed by atoms with Crippen LogP contribution in [0.2, 0.25) is 0 Å². The minimum absolute atomic E-state index is 0.0708. The molecule has 0 radical (unpaired) electrons. The predicted octanol–water partition coefficient (Wildman–Crippen LogP) is 4.47. The van der Waals surface area contributed by atoms with Crippen molar-refractivity contribution in [3.63, 3.8) is 0 Å². The first-order valence-corrected chi connectivity index (χ1v) is 10.3. The summed E-state index contributed by atoms with van der Waals surface area (Å²) in [5.41, 5.74) is 9.46. The zero-order chi connectivity index (χ0) is 19.5.